The van der Waals surface area contributed by atoms with Crippen LogP contribution in [0.5, 0.6) is 5.75 Å². The Labute approximate surface area is 167 Å². The molecule has 0 saturated heterocycles. The van der Waals surface area contributed by atoms with E-state index in [0.717, 1.165) is 16.9 Å². The maximum atomic E-state index is 12.3. The molecule has 1 N–H and O–H groups in total. The molecule has 2 amide bonds. The number of hydrogen-bond acceptors (Lipinski definition) is 3. The molecule has 5 nitrogen and oxygen atoms in total. The van der Waals surface area contributed by atoms with Crippen LogP contribution < -0.4 is 10.1 Å². The molecule has 0 aliphatic rings. The maximum Gasteiger partial charge on any atom is 0.253 e. The van der Waals surface area contributed by atoms with Crippen molar-refractivity contribution in [2.24, 2.45) is 0 Å². The molecule has 0 fully saturated rings. The van der Waals surface area contributed by atoms with Crippen molar-refractivity contribution in [2.45, 2.75) is 33.4 Å². The Bertz CT molecular complexity index is 809. The minimum absolute atomic E-state index is 0.0103. The summed E-state index contributed by atoms with van der Waals surface area (Å²) in [6.45, 7) is 6.92. The normalized spacial score (nSPS) is 10.9. The van der Waals surface area contributed by atoms with E-state index in [2.05, 4.69) is 5.32 Å². The smallest absolute Gasteiger partial charge is 0.253 e. The highest BCUT2D eigenvalue weighted by Crippen LogP contribution is 2.13. The summed E-state index contributed by atoms with van der Waals surface area (Å²) in [5, 5.41) is 2.84. The number of carbonyl (C=O) groups is 2. The summed E-state index contributed by atoms with van der Waals surface area (Å²) in [5.74, 6) is 0.628. The maximum absolute atomic E-state index is 12.3. The van der Waals surface area contributed by atoms with Crippen molar-refractivity contribution in [1.29, 1.82) is 0 Å². The third-order valence-corrected chi connectivity index (χ3v) is 4.38. The Morgan fingerprint density at radius 3 is 2.29 bits per heavy atom. The van der Waals surface area contributed by atoms with Crippen LogP contribution in [0.2, 0.25) is 0 Å². The first-order valence-corrected chi connectivity index (χ1v) is 9.45. The van der Waals surface area contributed by atoms with Crippen molar-refractivity contribution in [3.63, 3.8) is 0 Å². The molecule has 0 aliphatic carbocycles. The van der Waals surface area contributed by atoms with Crippen LogP contribution in [0.15, 0.2) is 54.6 Å². The second-order valence-electron chi connectivity index (χ2n) is 6.76. The number of carbonyl (C=O) groups excluding carboxylic acids is 2. The van der Waals surface area contributed by atoms with E-state index in [-0.39, 0.29) is 17.9 Å². The predicted molar refractivity (Wildman–Crippen MR) is 112 cm³/mol. The molecule has 0 spiro atoms. The second kappa shape index (κ2) is 10.3. The molecule has 28 heavy (non-hydrogen) atoms. The molecule has 0 bridgehead atoms. The Morgan fingerprint density at radius 2 is 1.71 bits per heavy atom. The first kappa shape index (κ1) is 21.2. The van der Waals surface area contributed by atoms with E-state index in [1.54, 1.807) is 30.2 Å². The Balaban J connectivity index is 1.86. The zero-order chi connectivity index (χ0) is 20.5. The van der Waals surface area contributed by atoms with E-state index in [0.29, 0.717) is 18.7 Å². The third kappa shape index (κ3) is 6.27. The first-order valence-electron chi connectivity index (χ1n) is 9.45. The Hall–Kier alpha value is -3.08. The molecule has 0 unspecified atom stereocenters. The van der Waals surface area contributed by atoms with Crippen LogP contribution in [0.25, 0.3) is 6.08 Å². The largest absolute Gasteiger partial charge is 0.494 e. The summed E-state index contributed by atoms with van der Waals surface area (Å²) in [4.78, 5) is 26.0. The fourth-order valence-electron chi connectivity index (χ4n) is 2.47. The number of nitrogens with one attached hydrogen (secondary N) is 1. The lowest BCUT2D eigenvalue weighted by atomic mass is 10.1. The van der Waals surface area contributed by atoms with Crippen LogP contribution in [0, 0.1) is 0 Å². The summed E-state index contributed by atoms with van der Waals surface area (Å²) < 4.78 is 5.39. The molecule has 0 atom stereocenters. The highest BCUT2D eigenvalue weighted by atomic mass is 16.5. The van der Waals surface area contributed by atoms with Gasteiger partial charge in [0.05, 0.1) is 6.61 Å². The van der Waals surface area contributed by atoms with Gasteiger partial charge in [-0.05, 0) is 62.2 Å². The molecule has 0 aliphatic heterocycles. The lowest BCUT2D eigenvalue weighted by Crippen LogP contribution is -2.32. The number of rotatable bonds is 8. The molecule has 0 aromatic heterocycles. The van der Waals surface area contributed by atoms with Gasteiger partial charge in [0.25, 0.3) is 5.91 Å². The van der Waals surface area contributed by atoms with Gasteiger partial charge in [-0.15, -0.1) is 0 Å². The highest BCUT2D eigenvalue weighted by molar-refractivity contribution is 5.94. The van der Waals surface area contributed by atoms with E-state index in [1.165, 1.54) is 6.08 Å². The van der Waals surface area contributed by atoms with Crippen LogP contribution in [0.3, 0.4) is 0 Å². The quantitative estimate of drug-likeness (QED) is 0.707. The number of nitrogens with zero attached hydrogens (tertiary/aromatic N) is 1. The zero-order valence-corrected chi connectivity index (χ0v) is 16.9. The minimum Gasteiger partial charge on any atom is -0.494 e. The topological polar surface area (TPSA) is 58.6 Å². The van der Waals surface area contributed by atoms with Gasteiger partial charge in [-0.1, -0.05) is 24.3 Å². The van der Waals surface area contributed by atoms with Gasteiger partial charge in [-0.2, -0.15) is 0 Å². The molecular formula is C23H28N2O3. The van der Waals surface area contributed by atoms with E-state index < -0.39 is 0 Å². The summed E-state index contributed by atoms with van der Waals surface area (Å²) in [6, 6.07) is 15.0. The third-order valence-electron chi connectivity index (χ3n) is 4.38. The molecule has 0 heterocycles. The molecule has 2 rings (SSSR count). The van der Waals surface area contributed by atoms with Gasteiger partial charge in [0.2, 0.25) is 5.91 Å². The van der Waals surface area contributed by atoms with Gasteiger partial charge >= 0.3 is 0 Å². The monoisotopic (exact) mass is 380 g/mol. The summed E-state index contributed by atoms with van der Waals surface area (Å²) in [6.07, 6.45) is 3.26. The highest BCUT2D eigenvalue weighted by Gasteiger charge is 2.13. The summed E-state index contributed by atoms with van der Waals surface area (Å²) >= 11 is 0. The average molecular weight is 380 g/mol. The fourth-order valence-corrected chi connectivity index (χ4v) is 2.47. The molecular weight excluding hydrogens is 352 g/mol. The first-order chi connectivity index (χ1) is 13.4. The van der Waals surface area contributed by atoms with E-state index in [4.69, 9.17) is 4.74 Å². The van der Waals surface area contributed by atoms with Crippen molar-refractivity contribution in [3.8, 4) is 5.75 Å². The molecule has 2 aromatic rings. The van der Waals surface area contributed by atoms with Crippen LogP contribution in [-0.2, 0) is 11.3 Å². The van der Waals surface area contributed by atoms with Crippen LogP contribution in [0.1, 0.15) is 42.3 Å². The lowest BCUT2D eigenvalue weighted by molar-refractivity contribution is -0.116. The van der Waals surface area contributed by atoms with E-state index in [1.807, 2.05) is 57.2 Å². The zero-order valence-electron chi connectivity index (χ0n) is 16.9. The van der Waals surface area contributed by atoms with Crippen molar-refractivity contribution >= 4 is 17.9 Å². The van der Waals surface area contributed by atoms with Gasteiger partial charge in [0.1, 0.15) is 5.75 Å². The van der Waals surface area contributed by atoms with E-state index in [9.17, 15) is 9.59 Å². The van der Waals surface area contributed by atoms with Crippen molar-refractivity contribution in [2.75, 3.05) is 13.7 Å². The molecule has 0 saturated carbocycles. The van der Waals surface area contributed by atoms with Crippen LogP contribution in [0.4, 0.5) is 0 Å². The lowest BCUT2D eigenvalue weighted by Gasteiger charge is -2.21. The average Bonchev–Trinajstić information content (AvgIpc) is 2.71. The fraction of sp³-hybridized carbons (Fsp3) is 0.304. The summed E-state index contributed by atoms with van der Waals surface area (Å²) in [7, 11) is 1.79. The van der Waals surface area contributed by atoms with Gasteiger partial charge < -0.3 is 15.0 Å². The SMILES string of the molecule is CCOc1ccc(/C=C/C(=O)NCc2ccc(C(=O)N(C)C(C)C)cc2)cc1. The Morgan fingerprint density at radius 1 is 1.07 bits per heavy atom. The van der Waals surface area contributed by atoms with E-state index >= 15 is 0 Å². The Kier molecular flexibility index (Phi) is 7.81. The number of amides is 2. The molecule has 148 valence electrons. The second-order valence-corrected chi connectivity index (χ2v) is 6.76. The van der Waals surface area contributed by atoms with Gasteiger partial charge in [-0.25, -0.2) is 0 Å². The standard InChI is InChI=1S/C23H28N2O3/c1-5-28-21-13-8-18(9-14-21)10-15-22(26)24-16-19-6-11-20(12-7-19)23(27)25(4)17(2)3/h6-15,17H,5,16H2,1-4H3,(H,24,26)/b15-10+. The summed E-state index contributed by atoms with van der Waals surface area (Å²) in [5.41, 5.74) is 2.50. The molecule has 2 aromatic carbocycles. The molecule has 0 radical (unpaired) electrons. The van der Waals surface area contributed by atoms with Crippen LogP contribution in [-0.4, -0.2) is 36.4 Å². The number of benzene rings is 2. The van der Waals surface area contributed by atoms with Gasteiger partial charge in [0.15, 0.2) is 0 Å². The number of hydrogen-bond donors (Lipinski definition) is 1. The predicted octanol–water partition coefficient (Wildman–Crippen LogP) is 3.90. The molecule has 5 heteroatoms. The van der Waals surface area contributed by atoms with Gasteiger partial charge in [-0.3, -0.25) is 9.59 Å². The van der Waals surface area contributed by atoms with Gasteiger partial charge in [0, 0.05) is 31.3 Å². The number of ether oxygens (including phenoxy) is 1. The van der Waals surface area contributed by atoms with Crippen molar-refractivity contribution < 1.29 is 14.3 Å². The minimum atomic E-state index is -0.173. The van der Waals surface area contributed by atoms with Crippen molar-refractivity contribution in [3.05, 3.63) is 71.3 Å². The van der Waals surface area contributed by atoms with Crippen LogP contribution >= 0.6 is 0 Å². The van der Waals surface area contributed by atoms with Crippen molar-refractivity contribution in [1.82, 2.24) is 10.2 Å².